The van der Waals surface area contributed by atoms with Crippen LogP contribution < -0.4 is 10.2 Å². The number of thiazole rings is 1. The first-order valence-electron chi connectivity index (χ1n) is 12.4. The van der Waals surface area contributed by atoms with Crippen LogP contribution in [0.4, 0.5) is 18.3 Å². The van der Waals surface area contributed by atoms with Gasteiger partial charge in [-0.1, -0.05) is 22.6 Å². The molecule has 1 aromatic carbocycles. The van der Waals surface area contributed by atoms with Gasteiger partial charge in [0.1, 0.15) is 22.8 Å². The average Bonchev–Trinajstić information content (AvgIpc) is 3.44. The van der Waals surface area contributed by atoms with Crippen molar-refractivity contribution in [3.8, 4) is 0 Å². The summed E-state index contributed by atoms with van der Waals surface area (Å²) >= 11 is 1.54. The molecule has 4 aliphatic rings. The van der Waals surface area contributed by atoms with Gasteiger partial charge >= 0.3 is 0 Å². The van der Waals surface area contributed by atoms with Crippen LogP contribution in [0.25, 0.3) is 21.4 Å². The molecule has 2 aliphatic heterocycles. The number of anilines is 1. The zero-order valence-electron chi connectivity index (χ0n) is 19.8. The first kappa shape index (κ1) is 22.2. The molecular formula is C27H25F3N4OS. The van der Waals surface area contributed by atoms with Crippen molar-refractivity contribution < 1.29 is 17.7 Å². The lowest BCUT2D eigenvalue weighted by atomic mass is 9.63. The molecule has 186 valence electrons. The van der Waals surface area contributed by atoms with Crippen molar-refractivity contribution in [3.63, 3.8) is 0 Å². The summed E-state index contributed by atoms with van der Waals surface area (Å²) < 4.78 is 50.2. The summed E-state index contributed by atoms with van der Waals surface area (Å²) in [7, 11) is 0. The molecule has 7 rings (SSSR count). The Morgan fingerprint density at radius 1 is 1.17 bits per heavy atom. The van der Waals surface area contributed by atoms with Crippen LogP contribution in [0.1, 0.15) is 60.6 Å². The van der Waals surface area contributed by atoms with E-state index in [1.54, 1.807) is 0 Å². The van der Waals surface area contributed by atoms with Crippen molar-refractivity contribution in [3.05, 3.63) is 64.5 Å². The largest absolute Gasteiger partial charge is 0.382 e. The van der Waals surface area contributed by atoms with E-state index in [1.165, 1.54) is 23.6 Å². The van der Waals surface area contributed by atoms with Crippen molar-refractivity contribution in [2.24, 2.45) is 5.41 Å². The molecule has 0 unspecified atom stereocenters. The second kappa shape index (κ2) is 7.96. The Morgan fingerprint density at radius 2 is 1.94 bits per heavy atom. The van der Waals surface area contributed by atoms with Crippen LogP contribution in [0.15, 0.2) is 40.6 Å². The molecule has 2 aromatic heterocycles. The van der Waals surface area contributed by atoms with Crippen LogP contribution in [-0.2, 0) is 0 Å². The summed E-state index contributed by atoms with van der Waals surface area (Å²) in [4.78, 5) is 6.83. The maximum Gasteiger partial charge on any atom is 0.186 e. The van der Waals surface area contributed by atoms with Gasteiger partial charge in [-0.2, -0.15) is 0 Å². The fourth-order valence-electron chi connectivity index (χ4n) is 5.76. The fraction of sp³-hybridized carbons (Fsp3) is 0.407. The Kier molecular flexibility index (Phi) is 4.90. The molecule has 1 saturated heterocycles. The fourth-order valence-corrected chi connectivity index (χ4v) is 6.89. The molecule has 9 heteroatoms. The Balaban J connectivity index is 1.15. The van der Waals surface area contributed by atoms with Gasteiger partial charge in [0.2, 0.25) is 0 Å². The molecule has 2 fully saturated rings. The van der Waals surface area contributed by atoms with E-state index < -0.39 is 11.7 Å². The van der Waals surface area contributed by atoms with Crippen molar-refractivity contribution in [2.45, 2.75) is 44.9 Å². The van der Waals surface area contributed by atoms with Gasteiger partial charge in [-0.25, -0.2) is 18.2 Å². The molecular weight excluding hydrogens is 485 g/mol. The van der Waals surface area contributed by atoms with Gasteiger partial charge in [0.15, 0.2) is 16.8 Å². The van der Waals surface area contributed by atoms with Crippen LogP contribution in [0, 0.1) is 18.2 Å². The third-order valence-corrected chi connectivity index (χ3v) is 8.92. The second-order valence-electron chi connectivity index (χ2n) is 10.5. The van der Waals surface area contributed by atoms with E-state index in [4.69, 9.17) is 4.52 Å². The van der Waals surface area contributed by atoms with Crippen molar-refractivity contribution in [1.82, 2.24) is 15.5 Å². The number of allylic oxidation sites excluding steroid dienone is 4. The highest BCUT2D eigenvalue weighted by molar-refractivity contribution is 7.22. The predicted molar refractivity (Wildman–Crippen MR) is 134 cm³/mol. The van der Waals surface area contributed by atoms with E-state index in [0.29, 0.717) is 5.52 Å². The zero-order valence-corrected chi connectivity index (χ0v) is 20.7. The van der Waals surface area contributed by atoms with Gasteiger partial charge in [0.05, 0.1) is 16.8 Å². The summed E-state index contributed by atoms with van der Waals surface area (Å²) in [5.74, 6) is -0.434. The molecule has 1 N–H and O–H groups in total. The lowest BCUT2D eigenvalue weighted by molar-refractivity contribution is 0.277. The van der Waals surface area contributed by atoms with Crippen LogP contribution in [0.5, 0.6) is 0 Å². The average molecular weight is 511 g/mol. The quantitative estimate of drug-likeness (QED) is 0.419. The van der Waals surface area contributed by atoms with Crippen LogP contribution >= 0.6 is 11.3 Å². The monoisotopic (exact) mass is 510 g/mol. The Bertz CT molecular complexity index is 1490. The molecule has 0 atom stereocenters. The molecule has 5 nitrogen and oxygen atoms in total. The van der Waals surface area contributed by atoms with Gasteiger partial charge in [0, 0.05) is 30.8 Å². The van der Waals surface area contributed by atoms with Crippen LogP contribution in [0.2, 0.25) is 0 Å². The highest BCUT2D eigenvalue weighted by Gasteiger charge is 2.44. The Hall–Kier alpha value is -3.07. The smallest absolute Gasteiger partial charge is 0.186 e. The highest BCUT2D eigenvalue weighted by atomic mass is 32.1. The van der Waals surface area contributed by atoms with Gasteiger partial charge < -0.3 is 14.7 Å². The number of hydrogen-bond acceptors (Lipinski definition) is 6. The van der Waals surface area contributed by atoms with Crippen molar-refractivity contribution in [1.29, 1.82) is 0 Å². The Labute approximate surface area is 210 Å². The molecule has 36 heavy (non-hydrogen) atoms. The van der Waals surface area contributed by atoms with Gasteiger partial charge in [-0.15, -0.1) is 0 Å². The van der Waals surface area contributed by atoms with Crippen molar-refractivity contribution in [2.75, 3.05) is 24.5 Å². The summed E-state index contributed by atoms with van der Waals surface area (Å²) in [5, 5.41) is 7.63. The number of nitrogens with zero attached hydrogens (tertiary/aromatic N) is 3. The summed E-state index contributed by atoms with van der Waals surface area (Å²) in [6.07, 6.45) is 8.22. The number of rotatable bonds is 4. The number of hydrogen-bond donors (Lipinski definition) is 1. The molecule has 3 aromatic rings. The van der Waals surface area contributed by atoms with Crippen molar-refractivity contribution >= 4 is 37.8 Å². The molecule has 4 heterocycles. The number of piperidine rings is 1. The maximum atomic E-state index is 14.7. The maximum absolute atomic E-state index is 14.7. The number of benzene rings is 1. The third kappa shape index (κ3) is 3.50. The topological polar surface area (TPSA) is 54.2 Å². The lowest BCUT2D eigenvalue weighted by Gasteiger charge is -2.46. The van der Waals surface area contributed by atoms with E-state index in [9.17, 15) is 13.2 Å². The minimum absolute atomic E-state index is 0.0507. The molecule has 1 saturated carbocycles. The summed E-state index contributed by atoms with van der Waals surface area (Å²) in [6.45, 7) is 3.50. The van der Waals surface area contributed by atoms with E-state index in [0.717, 1.165) is 77.5 Å². The minimum Gasteiger partial charge on any atom is -0.382 e. The molecule has 2 aliphatic carbocycles. The van der Waals surface area contributed by atoms with Crippen LogP contribution in [-0.4, -0.2) is 29.8 Å². The SMILES string of the molecule is Cc1cc(F)c2nc(N3CCC4(C=C(c5c(C6=C(F)CNC=C6F)noc5C5CC5)C4)CC3)sc2c1. The normalized spacial score (nSPS) is 21.5. The number of fused-ring (bicyclic) bond motifs is 1. The predicted octanol–water partition coefficient (Wildman–Crippen LogP) is 6.78. The summed E-state index contributed by atoms with van der Waals surface area (Å²) in [6, 6.07) is 3.51. The number of nitrogens with one attached hydrogen (secondary N) is 1. The number of dihydropyridines is 1. The first-order valence-corrected chi connectivity index (χ1v) is 13.2. The van der Waals surface area contributed by atoms with Crippen LogP contribution in [0.3, 0.4) is 0 Å². The van der Waals surface area contributed by atoms with Gasteiger partial charge in [-0.3, -0.25) is 0 Å². The van der Waals surface area contributed by atoms with Gasteiger partial charge in [-0.05, 0) is 67.7 Å². The molecule has 1 spiro atoms. The lowest BCUT2D eigenvalue weighted by Crippen LogP contribution is -2.42. The Morgan fingerprint density at radius 3 is 2.67 bits per heavy atom. The molecule has 0 bridgehead atoms. The van der Waals surface area contributed by atoms with E-state index in [-0.39, 0.29) is 35.0 Å². The number of halogens is 3. The number of aryl methyl sites for hydroxylation is 1. The van der Waals surface area contributed by atoms with E-state index >= 15 is 0 Å². The summed E-state index contributed by atoms with van der Waals surface area (Å²) in [5.41, 5.74) is 3.46. The van der Waals surface area contributed by atoms with Gasteiger partial charge in [0.25, 0.3) is 0 Å². The highest BCUT2D eigenvalue weighted by Crippen LogP contribution is 2.56. The molecule has 0 amide bonds. The first-order chi connectivity index (χ1) is 17.4. The third-order valence-electron chi connectivity index (χ3n) is 7.85. The molecule has 0 radical (unpaired) electrons. The van der Waals surface area contributed by atoms with E-state index in [1.807, 2.05) is 13.0 Å². The zero-order chi connectivity index (χ0) is 24.6. The van der Waals surface area contributed by atoms with E-state index in [2.05, 4.69) is 26.4 Å². The standard InChI is InChI=1S/C27H25F3N4OS/c1-14-8-17(28)23-20(9-14)36-26(32-23)34-6-4-27(5-7-34)10-16(11-27)21-24(33-35-25(21)15-2-3-15)22-18(29)12-31-13-19(22)30/h8-10,12,15,31H,2-7,11,13H2,1H3. The second-order valence-corrected chi connectivity index (χ2v) is 11.5. The number of aromatic nitrogens is 2. The minimum atomic E-state index is -0.652.